The van der Waals surface area contributed by atoms with Gasteiger partial charge in [0.05, 0.1) is 5.57 Å². The second kappa shape index (κ2) is 6.51. The molecule has 0 saturated carbocycles. The maximum Gasteiger partial charge on any atom is 0.335 e. The maximum atomic E-state index is 11.6. The lowest BCUT2D eigenvalue weighted by atomic mass is 9.94. The number of unbranched alkanes of at least 4 members (excludes halogenated alkanes) is 2. The number of cyclic esters (lactones) is 1. The van der Waals surface area contributed by atoms with Gasteiger partial charge in [0.15, 0.2) is 0 Å². The molecule has 1 aliphatic heterocycles. The van der Waals surface area contributed by atoms with E-state index < -0.39 is 0 Å². The van der Waals surface area contributed by atoms with Gasteiger partial charge in [-0.1, -0.05) is 31.4 Å². The molecule has 16 heavy (non-hydrogen) atoms. The Bertz CT molecular complexity index is 283. The quantitative estimate of drug-likeness (QED) is 0.326. The zero-order valence-corrected chi connectivity index (χ0v) is 11.3. The minimum absolute atomic E-state index is 0.0384. The molecule has 2 nitrogen and oxygen atoms in total. The molecule has 92 valence electrons. The minimum Gasteiger partial charge on any atom is -0.458 e. The lowest BCUT2D eigenvalue weighted by Crippen LogP contribution is -2.18. The fourth-order valence-corrected chi connectivity index (χ4v) is 2.62. The first-order valence-corrected chi connectivity index (χ1v) is 6.66. The fraction of sp³-hybridized carbons (Fsp3) is 0.750. The van der Waals surface area contributed by atoms with Crippen molar-refractivity contribution < 1.29 is 9.53 Å². The molecule has 0 aromatic heterocycles. The van der Waals surface area contributed by atoms with Gasteiger partial charge in [-0.3, -0.25) is 0 Å². The maximum absolute atomic E-state index is 11.6. The third kappa shape index (κ3) is 3.14. The molecule has 0 N–H and O–H groups in total. The Hall–Kier alpha value is -0.210. The average molecular weight is 265 g/mol. The average Bonchev–Trinajstić information content (AvgIpc) is 2.55. The zero-order valence-electron chi connectivity index (χ0n) is 9.76. The highest BCUT2D eigenvalue weighted by Gasteiger charge is 2.39. The van der Waals surface area contributed by atoms with E-state index in [-0.39, 0.29) is 18.0 Å². The summed E-state index contributed by atoms with van der Waals surface area (Å²) in [5, 5.41) is 0.508. The second-order valence-corrected chi connectivity index (χ2v) is 5.02. The van der Waals surface area contributed by atoms with Crippen LogP contribution in [-0.4, -0.2) is 18.0 Å². The number of allylic oxidation sites excluding steroid dienone is 1. The third-order valence-electron chi connectivity index (χ3n) is 2.93. The predicted molar refractivity (Wildman–Crippen MR) is 66.8 cm³/mol. The Labute approximate surface area is 107 Å². The molecule has 1 fully saturated rings. The summed E-state index contributed by atoms with van der Waals surface area (Å²) in [6.45, 7) is 3.86. The van der Waals surface area contributed by atoms with Crippen LogP contribution in [0, 0.1) is 5.92 Å². The number of alkyl halides is 1. The number of carbonyl (C=O) groups is 1. The summed E-state index contributed by atoms with van der Waals surface area (Å²) >= 11 is 11.8. The van der Waals surface area contributed by atoms with Gasteiger partial charge in [-0.15, -0.1) is 11.6 Å². The Morgan fingerprint density at radius 2 is 2.12 bits per heavy atom. The Morgan fingerprint density at radius 1 is 1.44 bits per heavy atom. The van der Waals surface area contributed by atoms with Crippen molar-refractivity contribution in [2.75, 3.05) is 5.88 Å². The van der Waals surface area contributed by atoms with Crippen molar-refractivity contribution in [2.24, 2.45) is 5.92 Å². The summed E-state index contributed by atoms with van der Waals surface area (Å²) < 4.78 is 5.32. The highest BCUT2D eigenvalue weighted by Crippen LogP contribution is 2.34. The van der Waals surface area contributed by atoms with E-state index >= 15 is 0 Å². The Morgan fingerprint density at radius 3 is 2.62 bits per heavy atom. The van der Waals surface area contributed by atoms with Crippen molar-refractivity contribution in [1.82, 2.24) is 0 Å². The molecule has 0 radical (unpaired) electrons. The zero-order chi connectivity index (χ0) is 12.1. The molecule has 0 amide bonds. The number of carbonyl (C=O) groups excluding carboxylic acids is 1. The number of halogens is 2. The van der Waals surface area contributed by atoms with Crippen LogP contribution in [-0.2, 0) is 9.53 Å². The molecule has 1 aliphatic rings. The van der Waals surface area contributed by atoms with Gasteiger partial charge < -0.3 is 4.74 Å². The third-order valence-corrected chi connectivity index (χ3v) is 3.46. The molecular formula is C12H18Cl2O2. The molecule has 1 saturated heterocycles. The number of esters is 1. The largest absolute Gasteiger partial charge is 0.458 e. The molecule has 1 heterocycles. The monoisotopic (exact) mass is 264 g/mol. The van der Waals surface area contributed by atoms with Gasteiger partial charge >= 0.3 is 5.97 Å². The first kappa shape index (κ1) is 13.9. The summed E-state index contributed by atoms with van der Waals surface area (Å²) in [4.78, 5) is 11.6. The summed E-state index contributed by atoms with van der Waals surface area (Å²) in [6.07, 6.45) is 4.17. The Balaban J connectivity index is 2.68. The number of rotatable bonds is 5. The van der Waals surface area contributed by atoms with Gasteiger partial charge in [0, 0.05) is 16.8 Å². The van der Waals surface area contributed by atoms with Gasteiger partial charge in [0.2, 0.25) is 0 Å². The van der Waals surface area contributed by atoms with E-state index in [1.807, 2.05) is 0 Å². The van der Waals surface area contributed by atoms with Crippen molar-refractivity contribution in [3.8, 4) is 0 Å². The standard InChI is InChI=1S/C12H18Cl2O2/c1-3-4-5-6-10-9(7-13)11(8(2)14)12(15)16-10/h9-10H,3-7H2,1-2H3/t9-,10+/m0/s1. The molecule has 2 atom stereocenters. The van der Waals surface area contributed by atoms with E-state index in [2.05, 4.69) is 6.92 Å². The summed E-state index contributed by atoms with van der Waals surface area (Å²) in [7, 11) is 0. The lowest BCUT2D eigenvalue weighted by Gasteiger charge is -2.15. The molecule has 0 spiro atoms. The van der Waals surface area contributed by atoms with E-state index in [1.165, 1.54) is 0 Å². The van der Waals surface area contributed by atoms with Gasteiger partial charge in [-0.2, -0.15) is 0 Å². The molecule has 4 heteroatoms. The van der Waals surface area contributed by atoms with Crippen molar-refractivity contribution in [1.29, 1.82) is 0 Å². The normalized spacial score (nSPS) is 28.1. The van der Waals surface area contributed by atoms with Crippen LogP contribution in [0.2, 0.25) is 0 Å². The number of hydrogen-bond donors (Lipinski definition) is 0. The second-order valence-electron chi connectivity index (χ2n) is 4.15. The van der Waals surface area contributed by atoms with Crippen LogP contribution in [0.3, 0.4) is 0 Å². The minimum atomic E-state index is -0.292. The predicted octanol–water partition coefficient (Wildman–Crippen LogP) is 3.86. The Kier molecular flexibility index (Phi) is 5.63. The topological polar surface area (TPSA) is 26.3 Å². The highest BCUT2D eigenvalue weighted by molar-refractivity contribution is 6.31. The summed E-state index contributed by atoms with van der Waals surface area (Å²) in [6, 6.07) is 0. The molecule has 1 rings (SSSR count). The van der Waals surface area contributed by atoms with Crippen LogP contribution in [0.5, 0.6) is 0 Å². The van der Waals surface area contributed by atoms with Crippen LogP contribution in [0.1, 0.15) is 39.5 Å². The molecule has 0 aromatic carbocycles. The lowest BCUT2D eigenvalue weighted by molar-refractivity contribution is -0.139. The first-order chi connectivity index (χ1) is 7.61. The number of hydrogen-bond acceptors (Lipinski definition) is 2. The molecule has 0 aliphatic carbocycles. The summed E-state index contributed by atoms with van der Waals surface area (Å²) in [5.74, 6) is 0.0604. The van der Waals surface area contributed by atoms with Crippen molar-refractivity contribution >= 4 is 29.2 Å². The molecule has 0 bridgehead atoms. The van der Waals surface area contributed by atoms with Gasteiger partial charge in [-0.25, -0.2) is 4.79 Å². The van der Waals surface area contributed by atoms with Crippen molar-refractivity contribution in [3.63, 3.8) is 0 Å². The van der Waals surface area contributed by atoms with E-state index in [4.69, 9.17) is 27.9 Å². The van der Waals surface area contributed by atoms with Crippen LogP contribution in [0.4, 0.5) is 0 Å². The van der Waals surface area contributed by atoms with Crippen LogP contribution < -0.4 is 0 Å². The first-order valence-electron chi connectivity index (χ1n) is 5.75. The van der Waals surface area contributed by atoms with E-state index in [0.717, 1.165) is 25.7 Å². The van der Waals surface area contributed by atoms with Gasteiger partial charge in [0.1, 0.15) is 6.10 Å². The molecular weight excluding hydrogens is 247 g/mol. The van der Waals surface area contributed by atoms with E-state index in [1.54, 1.807) is 6.92 Å². The van der Waals surface area contributed by atoms with Crippen LogP contribution in [0.15, 0.2) is 10.6 Å². The fourth-order valence-electron chi connectivity index (χ4n) is 2.05. The number of ether oxygens (including phenoxy) is 1. The van der Waals surface area contributed by atoms with Crippen LogP contribution >= 0.6 is 23.2 Å². The highest BCUT2D eigenvalue weighted by atomic mass is 35.5. The van der Waals surface area contributed by atoms with Crippen LogP contribution in [0.25, 0.3) is 0 Å². The van der Waals surface area contributed by atoms with Crippen molar-refractivity contribution in [3.05, 3.63) is 10.6 Å². The molecule has 0 unspecified atom stereocenters. The van der Waals surface area contributed by atoms with E-state index in [9.17, 15) is 4.79 Å². The van der Waals surface area contributed by atoms with E-state index in [0.29, 0.717) is 16.5 Å². The smallest absolute Gasteiger partial charge is 0.335 e. The molecule has 0 aromatic rings. The SMILES string of the molecule is CCCCC[C@H]1OC(=O)C(=C(C)Cl)[C@H]1CCl. The van der Waals surface area contributed by atoms with Gasteiger partial charge in [-0.05, 0) is 19.8 Å². The summed E-state index contributed by atoms with van der Waals surface area (Å²) in [5.41, 5.74) is 0.568. The van der Waals surface area contributed by atoms with Gasteiger partial charge in [0.25, 0.3) is 0 Å². The van der Waals surface area contributed by atoms with Crippen molar-refractivity contribution in [2.45, 2.75) is 45.6 Å².